The molecule has 66 valence electrons. The zero-order valence-electron chi connectivity index (χ0n) is 7.69. The van der Waals surface area contributed by atoms with Crippen LogP contribution < -0.4 is 5.73 Å². The second-order valence-corrected chi connectivity index (χ2v) is 3.66. The predicted octanol–water partition coefficient (Wildman–Crippen LogP) is 2.33. The molecule has 2 heteroatoms. The van der Waals surface area contributed by atoms with E-state index in [2.05, 4.69) is 0 Å². The minimum Gasteiger partial charge on any atom is -0.322 e. The first-order valence-electron chi connectivity index (χ1n) is 3.97. The maximum Gasteiger partial charge on any atom is 0.131 e. The predicted molar refractivity (Wildman–Crippen MR) is 48.4 cm³/mol. The molecule has 1 rings (SSSR count). The number of halogens is 1. The molecule has 0 aliphatic heterocycles. The lowest BCUT2D eigenvalue weighted by Crippen LogP contribution is -2.30. The second-order valence-electron chi connectivity index (χ2n) is 3.66. The molecule has 0 fully saturated rings. The van der Waals surface area contributed by atoms with Crippen molar-refractivity contribution < 1.29 is 4.39 Å². The molecule has 0 radical (unpaired) electrons. The molecule has 0 aliphatic carbocycles. The van der Waals surface area contributed by atoms with Crippen LogP contribution in [0.1, 0.15) is 25.0 Å². The fraction of sp³-hybridized carbons (Fsp3) is 0.400. The van der Waals surface area contributed by atoms with Gasteiger partial charge in [-0.2, -0.15) is 0 Å². The Labute approximate surface area is 72.4 Å². The van der Waals surface area contributed by atoms with Gasteiger partial charge in [0.05, 0.1) is 0 Å². The van der Waals surface area contributed by atoms with Crippen LogP contribution in [0.4, 0.5) is 4.39 Å². The van der Waals surface area contributed by atoms with Gasteiger partial charge < -0.3 is 5.73 Å². The van der Waals surface area contributed by atoms with E-state index in [1.54, 1.807) is 32.9 Å². The summed E-state index contributed by atoms with van der Waals surface area (Å²) in [6, 6.07) is 5.29. The Morgan fingerprint density at radius 1 is 1.33 bits per heavy atom. The van der Waals surface area contributed by atoms with Crippen molar-refractivity contribution in [3.8, 4) is 0 Å². The van der Waals surface area contributed by atoms with Crippen LogP contribution in [0.25, 0.3) is 0 Å². The summed E-state index contributed by atoms with van der Waals surface area (Å²) in [5, 5.41) is 0. The maximum absolute atomic E-state index is 13.4. The first kappa shape index (κ1) is 9.20. The van der Waals surface area contributed by atoms with Gasteiger partial charge in [-0.3, -0.25) is 0 Å². The van der Waals surface area contributed by atoms with E-state index in [0.29, 0.717) is 11.1 Å². The average Bonchev–Trinajstić information content (AvgIpc) is 1.92. The molecular formula is C10H14FN. The Hall–Kier alpha value is -0.890. The van der Waals surface area contributed by atoms with E-state index in [9.17, 15) is 4.39 Å². The van der Waals surface area contributed by atoms with E-state index in [0.717, 1.165) is 0 Å². The molecule has 1 aromatic rings. The summed E-state index contributed by atoms with van der Waals surface area (Å²) in [6.45, 7) is 5.33. The zero-order chi connectivity index (χ0) is 9.35. The summed E-state index contributed by atoms with van der Waals surface area (Å²) in [4.78, 5) is 0. The van der Waals surface area contributed by atoms with Crippen LogP contribution in [0.3, 0.4) is 0 Å². The Morgan fingerprint density at radius 3 is 2.33 bits per heavy atom. The molecule has 0 unspecified atom stereocenters. The van der Waals surface area contributed by atoms with Gasteiger partial charge in [0, 0.05) is 11.1 Å². The Kier molecular flexibility index (Phi) is 2.20. The van der Waals surface area contributed by atoms with Crippen LogP contribution in [0.2, 0.25) is 0 Å². The third-order valence-corrected chi connectivity index (χ3v) is 1.89. The number of nitrogens with two attached hydrogens (primary N) is 1. The topological polar surface area (TPSA) is 26.0 Å². The quantitative estimate of drug-likeness (QED) is 0.682. The molecule has 1 nitrogen and oxygen atoms in total. The van der Waals surface area contributed by atoms with E-state index < -0.39 is 5.54 Å². The van der Waals surface area contributed by atoms with Gasteiger partial charge in [-0.25, -0.2) is 4.39 Å². The first-order chi connectivity index (χ1) is 5.43. The Bertz CT molecular complexity index is 286. The molecule has 0 saturated carbocycles. The van der Waals surface area contributed by atoms with Gasteiger partial charge >= 0.3 is 0 Å². The molecule has 1 aromatic carbocycles. The van der Waals surface area contributed by atoms with Gasteiger partial charge in [-0.05, 0) is 26.3 Å². The smallest absolute Gasteiger partial charge is 0.131 e. The van der Waals surface area contributed by atoms with E-state index in [1.807, 2.05) is 6.07 Å². The number of hydrogen-bond donors (Lipinski definition) is 1. The highest BCUT2D eigenvalue weighted by molar-refractivity contribution is 5.29. The molecule has 0 bridgehead atoms. The van der Waals surface area contributed by atoms with E-state index in [1.165, 1.54) is 0 Å². The van der Waals surface area contributed by atoms with Crippen LogP contribution in [0, 0.1) is 12.7 Å². The lowest BCUT2D eigenvalue weighted by Gasteiger charge is -2.20. The van der Waals surface area contributed by atoms with Gasteiger partial charge in [0.15, 0.2) is 0 Å². The molecule has 0 aliphatic rings. The maximum atomic E-state index is 13.4. The fourth-order valence-electron chi connectivity index (χ4n) is 1.15. The summed E-state index contributed by atoms with van der Waals surface area (Å²) in [5.41, 5.74) is 6.40. The van der Waals surface area contributed by atoms with Gasteiger partial charge in [0.2, 0.25) is 0 Å². The molecule has 0 spiro atoms. The van der Waals surface area contributed by atoms with E-state index >= 15 is 0 Å². The molecule has 0 amide bonds. The highest BCUT2D eigenvalue weighted by Gasteiger charge is 2.18. The lowest BCUT2D eigenvalue weighted by molar-refractivity contribution is 0.498. The summed E-state index contributed by atoms with van der Waals surface area (Å²) in [5.74, 6) is -0.190. The van der Waals surface area contributed by atoms with Crippen LogP contribution in [-0.2, 0) is 5.54 Å². The second kappa shape index (κ2) is 2.87. The van der Waals surface area contributed by atoms with Crippen LogP contribution >= 0.6 is 0 Å². The van der Waals surface area contributed by atoms with Crippen molar-refractivity contribution in [2.24, 2.45) is 5.73 Å². The average molecular weight is 167 g/mol. The van der Waals surface area contributed by atoms with Crippen LogP contribution in [-0.4, -0.2) is 0 Å². The van der Waals surface area contributed by atoms with Crippen LogP contribution in [0.5, 0.6) is 0 Å². The monoisotopic (exact) mass is 167 g/mol. The highest BCUT2D eigenvalue weighted by atomic mass is 19.1. The normalized spacial score (nSPS) is 11.8. The summed E-state index contributed by atoms with van der Waals surface area (Å²) < 4.78 is 13.4. The summed E-state index contributed by atoms with van der Waals surface area (Å²) in [7, 11) is 0. The molecule has 2 N–H and O–H groups in total. The van der Waals surface area contributed by atoms with Crippen molar-refractivity contribution in [2.75, 3.05) is 0 Å². The van der Waals surface area contributed by atoms with Crippen molar-refractivity contribution in [1.29, 1.82) is 0 Å². The van der Waals surface area contributed by atoms with E-state index in [-0.39, 0.29) is 5.82 Å². The molecule has 0 saturated heterocycles. The van der Waals surface area contributed by atoms with E-state index in [4.69, 9.17) is 5.73 Å². The van der Waals surface area contributed by atoms with Crippen molar-refractivity contribution >= 4 is 0 Å². The van der Waals surface area contributed by atoms with Crippen LogP contribution in [0.15, 0.2) is 18.2 Å². The number of aryl methyl sites for hydroxylation is 1. The number of hydrogen-bond acceptors (Lipinski definition) is 1. The first-order valence-corrected chi connectivity index (χ1v) is 3.97. The third-order valence-electron chi connectivity index (χ3n) is 1.89. The molecule has 12 heavy (non-hydrogen) atoms. The lowest BCUT2D eigenvalue weighted by atomic mass is 9.93. The molecule has 0 atom stereocenters. The third kappa shape index (κ3) is 1.64. The minimum atomic E-state index is -0.601. The zero-order valence-corrected chi connectivity index (χ0v) is 7.69. The molecular weight excluding hydrogens is 153 g/mol. The van der Waals surface area contributed by atoms with Gasteiger partial charge in [0.25, 0.3) is 0 Å². The van der Waals surface area contributed by atoms with Gasteiger partial charge in [-0.1, -0.05) is 18.2 Å². The minimum absolute atomic E-state index is 0.190. The number of benzene rings is 1. The SMILES string of the molecule is Cc1cccc(C(C)(C)N)c1F. The molecule has 0 aromatic heterocycles. The van der Waals surface area contributed by atoms with Crippen molar-refractivity contribution in [1.82, 2.24) is 0 Å². The number of rotatable bonds is 1. The largest absolute Gasteiger partial charge is 0.322 e. The fourth-order valence-corrected chi connectivity index (χ4v) is 1.15. The van der Waals surface area contributed by atoms with Gasteiger partial charge in [0.1, 0.15) is 5.82 Å². The summed E-state index contributed by atoms with van der Waals surface area (Å²) >= 11 is 0. The standard InChI is InChI=1S/C10H14FN/c1-7-5-4-6-8(9(7)11)10(2,3)12/h4-6H,12H2,1-3H3. The Morgan fingerprint density at radius 2 is 1.92 bits per heavy atom. The van der Waals surface area contributed by atoms with Crippen molar-refractivity contribution in [3.05, 3.63) is 35.1 Å². The highest BCUT2D eigenvalue weighted by Crippen LogP contribution is 2.21. The van der Waals surface area contributed by atoms with Crippen molar-refractivity contribution in [3.63, 3.8) is 0 Å². The molecule has 0 heterocycles. The van der Waals surface area contributed by atoms with Gasteiger partial charge in [-0.15, -0.1) is 0 Å². The van der Waals surface area contributed by atoms with Crippen molar-refractivity contribution in [2.45, 2.75) is 26.3 Å². The summed E-state index contributed by atoms with van der Waals surface area (Å²) in [6.07, 6.45) is 0. The Balaban J connectivity index is 3.26.